The van der Waals surface area contributed by atoms with Crippen LogP contribution in [0.25, 0.3) is 0 Å². The highest BCUT2D eigenvalue weighted by Crippen LogP contribution is 2.24. The molecule has 12 heavy (non-hydrogen) atoms. The molecule has 0 aromatic heterocycles. The summed E-state index contributed by atoms with van der Waals surface area (Å²) in [6.45, 7) is 5.98. The molecule has 3 nitrogen and oxygen atoms in total. The van der Waals surface area contributed by atoms with E-state index < -0.39 is 0 Å². The van der Waals surface area contributed by atoms with Gasteiger partial charge in [-0.25, -0.2) is 0 Å². The van der Waals surface area contributed by atoms with Gasteiger partial charge in [0, 0.05) is 36.7 Å². The molecule has 0 N–H and O–H groups in total. The summed E-state index contributed by atoms with van der Waals surface area (Å²) in [5.41, 5.74) is 0. The summed E-state index contributed by atoms with van der Waals surface area (Å²) < 4.78 is 0. The standard InChI is InChI=1S/C8H16N2OS/c1-6-4-10(8(11)9-3)5-7(2)12-6/h6-7H,4-5H2,1-3H3,(H,9,11)/p-1. The number of aliphatic imine (C=N–C) groups is 1. The molecule has 2 unspecified atom stereocenters. The van der Waals surface area contributed by atoms with Gasteiger partial charge < -0.3 is 10.0 Å². The fraction of sp³-hybridized carbons (Fsp3) is 0.875. The van der Waals surface area contributed by atoms with Crippen LogP contribution >= 0.6 is 11.8 Å². The third kappa shape index (κ3) is 2.30. The van der Waals surface area contributed by atoms with Crippen LogP contribution in [0.4, 0.5) is 0 Å². The van der Waals surface area contributed by atoms with Crippen LogP contribution in [0.2, 0.25) is 0 Å². The molecular weight excluding hydrogens is 172 g/mol. The van der Waals surface area contributed by atoms with Gasteiger partial charge in [0.05, 0.1) is 0 Å². The van der Waals surface area contributed by atoms with Crippen molar-refractivity contribution < 1.29 is 5.11 Å². The number of amidine groups is 1. The average molecular weight is 187 g/mol. The highest BCUT2D eigenvalue weighted by atomic mass is 32.2. The van der Waals surface area contributed by atoms with Crippen LogP contribution in [0.1, 0.15) is 13.8 Å². The maximum absolute atomic E-state index is 11.2. The van der Waals surface area contributed by atoms with E-state index in [4.69, 9.17) is 0 Å². The van der Waals surface area contributed by atoms with Crippen molar-refractivity contribution in [3.8, 4) is 0 Å². The molecular formula is C8H15N2OS-. The van der Waals surface area contributed by atoms with Gasteiger partial charge in [-0.05, 0) is 0 Å². The first-order valence-corrected chi connectivity index (χ1v) is 5.12. The van der Waals surface area contributed by atoms with E-state index in [1.165, 1.54) is 0 Å². The SMILES string of the molecule is CN=C([O-])N1CC(C)SC(C)C1. The van der Waals surface area contributed by atoms with Crippen LogP contribution < -0.4 is 5.11 Å². The summed E-state index contributed by atoms with van der Waals surface area (Å²) in [7, 11) is 1.55. The second-order valence-corrected chi connectivity index (χ2v) is 5.05. The second-order valence-electron chi connectivity index (χ2n) is 3.17. The van der Waals surface area contributed by atoms with Gasteiger partial charge in [0.15, 0.2) is 0 Å². The predicted molar refractivity (Wildman–Crippen MR) is 51.4 cm³/mol. The predicted octanol–water partition coefficient (Wildman–Crippen LogP) is 0.158. The van der Waals surface area contributed by atoms with Crippen LogP contribution in [0.15, 0.2) is 4.99 Å². The molecule has 4 heteroatoms. The number of rotatable bonds is 0. The number of thioether (sulfide) groups is 1. The van der Waals surface area contributed by atoms with Crippen molar-refractivity contribution >= 4 is 17.8 Å². The van der Waals surface area contributed by atoms with E-state index in [2.05, 4.69) is 18.8 Å². The van der Waals surface area contributed by atoms with Gasteiger partial charge in [-0.3, -0.25) is 4.99 Å². The highest BCUT2D eigenvalue weighted by molar-refractivity contribution is 8.00. The molecule has 0 spiro atoms. The first-order valence-electron chi connectivity index (χ1n) is 4.17. The molecule has 1 heterocycles. The smallest absolute Gasteiger partial charge is 0.0496 e. The normalized spacial score (nSPS) is 32.2. The Morgan fingerprint density at radius 3 is 2.33 bits per heavy atom. The van der Waals surface area contributed by atoms with Crippen LogP contribution in [0, 0.1) is 0 Å². The Kier molecular flexibility index (Phi) is 3.26. The lowest BCUT2D eigenvalue weighted by Gasteiger charge is -2.38. The Morgan fingerprint density at radius 2 is 1.92 bits per heavy atom. The zero-order chi connectivity index (χ0) is 9.14. The molecule has 0 aromatic carbocycles. The molecule has 0 amide bonds. The van der Waals surface area contributed by atoms with E-state index in [1.807, 2.05) is 16.7 Å². The van der Waals surface area contributed by atoms with Crippen molar-refractivity contribution in [3.63, 3.8) is 0 Å². The summed E-state index contributed by atoms with van der Waals surface area (Å²) in [6.07, 6.45) is 0. The first kappa shape index (κ1) is 9.71. The van der Waals surface area contributed by atoms with Crippen molar-refractivity contribution in [2.45, 2.75) is 24.3 Å². The maximum atomic E-state index is 11.2. The average Bonchev–Trinajstić information content (AvgIpc) is 2.01. The van der Waals surface area contributed by atoms with Gasteiger partial charge in [-0.2, -0.15) is 11.8 Å². The quantitative estimate of drug-likeness (QED) is 0.400. The largest absolute Gasteiger partial charge is 0.846 e. The fourth-order valence-corrected chi connectivity index (χ4v) is 2.80. The first-order chi connectivity index (χ1) is 5.63. The molecule has 70 valence electrons. The van der Waals surface area contributed by atoms with E-state index in [1.54, 1.807) is 7.05 Å². The maximum Gasteiger partial charge on any atom is 0.0496 e. The second kappa shape index (κ2) is 4.03. The Balaban J connectivity index is 2.55. The minimum absolute atomic E-state index is 0.0750. The molecule has 0 aliphatic carbocycles. The van der Waals surface area contributed by atoms with Crippen molar-refractivity contribution in [3.05, 3.63) is 0 Å². The lowest BCUT2D eigenvalue weighted by atomic mass is 10.3. The molecule has 0 saturated carbocycles. The summed E-state index contributed by atoms with van der Waals surface area (Å²) >= 11 is 1.94. The molecule has 1 fully saturated rings. The summed E-state index contributed by atoms with van der Waals surface area (Å²) in [4.78, 5) is 5.48. The van der Waals surface area contributed by atoms with Gasteiger partial charge in [0.2, 0.25) is 0 Å². The van der Waals surface area contributed by atoms with Gasteiger partial charge in [0.1, 0.15) is 0 Å². The van der Waals surface area contributed by atoms with Crippen molar-refractivity contribution in [2.75, 3.05) is 20.1 Å². The van der Waals surface area contributed by atoms with E-state index in [0.29, 0.717) is 10.5 Å². The minimum atomic E-state index is -0.0750. The highest BCUT2D eigenvalue weighted by Gasteiger charge is 2.20. The van der Waals surface area contributed by atoms with Crippen molar-refractivity contribution in [1.82, 2.24) is 4.90 Å². The fourth-order valence-electron chi connectivity index (χ4n) is 1.48. The molecule has 0 aromatic rings. The molecule has 0 bridgehead atoms. The zero-order valence-electron chi connectivity index (χ0n) is 7.78. The number of nitrogens with zero attached hydrogens (tertiary/aromatic N) is 2. The van der Waals surface area contributed by atoms with Crippen molar-refractivity contribution in [1.29, 1.82) is 0 Å². The number of hydrogen-bond donors (Lipinski definition) is 0. The molecule has 1 aliphatic rings. The van der Waals surface area contributed by atoms with Gasteiger partial charge in [-0.15, -0.1) is 0 Å². The van der Waals surface area contributed by atoms with Gasteiger partial charge in [-0.1, -0.05) is 13.8 Å². The zero-order valence-corrected chi connectivity index (χ0v) is 8.60. The Morgan fingerprint density at radius 1 is 1.42 bits per heavy atom. The number of hydrogen-bond acceptors (Lipinski definition) is 3. The van der Waals surface area contributed by atoms with E-state index in [0.717, 1.165) is 13.1 Å². The Bertz CT molecular complexity index is 174. The third-order valence-corrected chi connectivity index (χ3v) is 3.11. The van der Waals surface area contributed by atoms with E-state index in [9.17, 15) is 5.11 Å². The van der Waals surface area contributed by atoms with Gasteiger partial charge >= 0.3 is 0 Å². The third-order valence-electron chi connectivity index (χ3n) is 1.88. The van der Waals surface area contributed by atoms with Crippen LogP contribution in [-0.4, -0.2) is 41.6 Å². The summed E-state index contributed by atoms with van der Waals surface area (Å²) in [5, 5.41) is 12.3. The van der Waals surface area contributed by atoms with Crippen molar-refractivity contribution in [2.24, 2.45) is 4.99 Å². The topological polar surface area (TPSA) is 38.7 Å². The van der Waals surface area contributed by atoms with Crippen LogP contribution in [0.3, 0.4) is 0 Å². The molecule has 1 aliphatic heterocycles. The molecule has 2 atom stereocenters. The minimum Gasteiger partial charge on any atom is -0.846 e. The Labute approximate surface area is 77.9 Å². The molecule has 1 rings (SSSR count). The van der Waals surface area contributed by atoms with E-state index >= 15 is 0 Å². The monoisotopic (exact) mass is 187 g/mol. The van der Waals surface area contributed by atoms with Crippen LogP contribution in [-0.2, 0) is 0 Å². The van der Waals surface area contributed by atoms with Gasteiger partial charge in [0.25, 0.3) is 0 Å². The molecule has 1 saturated heterocycles. The lowest BCUT2D eigenvalue weighted by molar-refractivity contribution is -0.235. The van der Waals surface area contributed by atoms with Crippen LogP contribution in [0.5, 0.6) is 0 Å². The Hall–Kier alpha value is -0.380. The summed E-state index contributed by atoms with van der Waals surface area (Å²) in [6, 6.07) is -0.0750. The lowest BCUT2D eigenvalue weighted by Crippen LogP contribution is -2.48. The van der Waals surface area contributed by atoms with E-state index in [-0.39, 0.29) is 6.02 Å². The summed E-state index contributed by atoms with van der Waals surface area (Å²) in [5.74, 6) is 0. The molecule has 0 radical (unpaired) electrons.